The summed E-state index contributed by atoms with van der Waals surface area (Å²) in [7, 11) is 0. The number of morpholine rings is 1. The number of hydrogen-bond acceptors (Lipinski definition) is 5. The first-order valence-corrected chi connectivity index (χ1v) is 6.93. The van der Waals surface area contributed by atoms with Crippen molar-refractivity contribution in [2.45, 2.75) is 38.9 Å². The van der Waals surface area contributed by atoms with Gasteiger partial charge in [0.15, 0.2) is 0 Å². The van der Waals surface area contributed by atoms with E-state index < -0.39 is 24.0 Å². The van der Waals surface area contributed by atoms with E-state index in [4.69, 9.17) is 9.84 Å². The minimum atomic E-state index is -1.13. The van der Waals surface area contributed by atoms with Crippen LogP contribution in [-0.2, 0) is 19.1 Å². The Morgan fingerprint density at radius 3 is 2.52 bits per heavy atom. The number of amides is 2. The molecule has 120 valence electrons. The van der Waals surface area contributed by atoms with Gasteiger partial charge in [-0.3, -0.25) is 14.5 Å². The molecule has 0 radical (unpaired) electrons. The van der Waals surface area contributed by atoms with E-state index in [-0.39, 0.29) is 25.1 Å². The predicted octanol–water partition coefficient (Wildman–Crippen LogP) is -1.20. The van der Waals surface area contributed by atoms with Crippen molar-refractivity contribution in [3.8, 4) is 0 Å². The van der Waals surface area contributed by atoms with E-state index in [9.17, 15) is 14.4 Å². The summed E-state index contributed by atoms with van der Waals surface area (Å²) in [6.07, 6.45) is 0. The zero-order valence-electron chi connectivity index (χ0n) is 12.6. The highest BCUT2D eigenvalue weighted by Gasteiger charge is 2.33. The third kappa shape index (κ3) is 5.68. The Balaban J connectivity index is 2.73. The molecule has 0 aromatic carbocycles. The molecule has 2 atom stereocenters. The lowest BCUT2D eigenvalue weighted by molar-refractivity contribution is -0.144. The molecule has 1 aliphatic heterocycles. The van der Waals surface area contributed by atoms with E-state index in [0.29, 0.717) is 13.2 Å². The molecule has 0 aromatic rings. The number of carbonyl (C=O) groups is 3. The van der Waals surface area contributed by atoms with Crippen molar-refractivity contribution in [3.05, 3.63) is 0 Å². The monoisotopic (exact) mass is 301 g/mol. The summed E-state index contributed by atoms with van der Waals surface area (Å²) >= 11 is 0. The van der Waals surface area contributed by atoms with Crippen molar-refractivity contribution < 1.29 is 24.2 Å². The number of nitrogens with one attached hydrogen (secondary N) is 2. The van der Waals surface area contributed by atoms with Crippen LogP contribution >= 0.6 is 0 Å². The van der Waals surface area contributed by atoms with Crippen molar-refractivity contribution >= 4 is 17.8 Å². The van der Waals surface area contributed by atoms with Gasteiger partial charge in [-0.25, -0.2) is 4.79 Å². The molecule has 2 amide bonds. The van der Waals surface area contributed by atoms with Crippen LogP contribution in [0.3, 0.4) is 0 Å². The fraction of sp³-hybridized carbons (Fsp3) is 0.769. The summed E-state index contributed by atoms with van der Waals surface area (Å²) < 4.78 is 5.30. The average Bonchev–Trinajstić information content (AvgIpc) is 2.37. The number of aliphatic carboxylic acids is 1. The standard InChI is InChI=1S/C13H23N3O5/c1-8(2)14-12(18)11-7-21-5-4-16(11)6-10(13(19)20)15-9(3)17/h8,10-11H,4-7H2,1-3H3,(H,14,18)(H,15,17)(H,19,20). The van der Waals surface area contributed by atoms with E-state index in [1.165, 1.54) is 6.92 Å². The van der Waals surface area contributed by atoms with E-state index >= 15 is 0 Å². The van der Waals surface area contributed by atoms with Gasteiger partial charge in [0.05, 0.1) is 13.2 Å². The van der Waals surface area contributed by atoms with Crippen LogP contribution < -0.4 is 10.6 Å². The Morgan fingerprint density at radius 2 is 2.00 bits per heavy atom. The average molecular weight is 301 g/mol. The topological polar surface area (TPSA) is 108 Å². The number of rotatable bonds is 6. The molecule has 0 bridgehead atoms. The van der Waals surface area contributed by atoms with Crippen molar-refractivity contribution in [2.24, 2.45) is 0 Å². The van der Waals surface area contributed by atoms with Gasteiger partial charge in [-0.2, -0.15) is 0 Å². The second kappa shape index (κ2) is 7.94. The van der Waals surface area contributed by atoms with Gasteiger partial charge in [-0.05, 0) is 13.8 Å². The van der Waals surface area contributed by atoms with Crippen LogP contribution in [0.4, 0.5) is 0 Å². The second-order valence-corrected chi connectivity index (χ2v) is 5.34. The van der Waals surface area contributed by atoms with Crippen molar-refractivity contribution in [2.75, 3.05) is 26.3 Å². The van der Waals surface area contributed by atoms with Crippen molar-refractivity contribution in [1.82, 2.24) is 15.5 Å². The Morgan fingerprint density at radius 1 is 1.33 bits per heavy atom. The fourth-order valence-electron chi connectivity index (χ4n) is 2.14. The van der Waals surface area contributed by atoms with Gasteiger partial charge in [0.25, 0.3) is 0 Å². The van der Waals surface area contributed by atoms with Crippen molar-refractivity contribution in [1.29, 1.82) is 0 Å². The summed E-state index contributed by atoms with van der Waals surface area (Å²) in [4.78, 5) is 36.1. The normalized spacial score (nSPS) is 20.9. The Bertz CT molecular complexity index is 399. The second-order valence-electron chi connectivity index (χ2n) is 5.34. The van der Waals surface area contributed by atoms with Crippen LogP contribution in [0.15, 0.2) is 0 Å². The number of hydrogen-bond donors (Lipinski definition) is 3. The minimum Gasteiger partial charge on any atom is -0.480 e. The van der Waals surface area contributed by atoms with Gasteiger partial charge >= 0.3 is 5.97 Å². The summed E-state index contributed by atoms with van der Waals surface area (Å²) in [5, 5.41) is 14.3. The molecule has 8 nitrogen and oxygen atoms in total. The van der Waals surface area contributed by atoms with Crippen LogP contribution in [0.25, 0.3) is 0 Å². The van der Waals surface area contributed by atoms with Crippen LogP contribution in [0.1, 0.15) is 20.8 Å². The number of carboxylic acid groups (broad SMARTS) is 1. The number of nitrogens with zero attached hydrogens (tertiary/aromatic N) is 1. The maximum Gasteiger partial charge on any atom is 0.327 e. The number of carboxylic acids is 1. The molecule has 0 saturated carbocycles. The summed E-state index contributed by atoms with van der Waals surface area (Å²) in [5.41, 5.74) is 0. The van der Waals surface area contributed by atoms with Crippen LogP contribution in [0.5, 0.6) is 0 Å². The molecule has 2 unspecified atom stereocenters. The maximum absolute atomic E-state index is 12.1. The molecule has 3 N–H and O–H groups in total. The molecular formula is C13H23N3O5. The largest absolute Gasteiger partial charge is 0.480 e. The van der Waals surface area contributed by atoms with Gasteiger partial charge in [-0.1, -0.05) is 0 Å². The van der Waals surface area contributed by atoms with Gasteiger partial charge in [0.1, 0.15) is 12.1 Å². The minimum absolute atomic E-state index is 0.00751. The van der Waals surface area contributed by atoms with Crippen LogP contribution in [0.2, 0.25) is 0 Å². The van der Waals surface area contributed by atoms with Gasteiger partial charge in [-0.15, -0.1) is 0 Å². The molecule has 1 heterocycles. The SMILES string of the molecule is CC(=O)NC(CN1CCOCC1C(=O)NC(C)C)C(=O)O. The van der Waals surface area contributed by atoms with Crippen molar-refractivity contribution in [3.63, 3.8) is 0 Å². The van der Waals surface area contributed by atoms with Crippen LogP contribution in [-0.4, -0.2) is 72.2 Å². The highest BCUT2D eigenvalue weighted by Crippen LogP contribution is 2.09. The Labute approximate surface area is 123 Å². The molecule has 1 rings (SSSR count). The lowest BCUT2D eigenvalue weighted by atomic mass is 10.1. The first-order chi connectivity index (χ1) is 9.81. The molecular weight excluding hydrogens is 278 g/mol. The molecule has 8 heteroatoms. The fourth-order valence-corrected chi connectivity index (χ4v) is 2.14. The first kappa shape index (κ1) is 17.4. The van der Waals surface area contributed by atoms with Crippen LogP contribution in [0, 0.1) is 0 Å². The van der Waals surface area contributed by atoms with Gasteiger partial charge in [0, 0.05) is 26.1 Å². The number of ether oxygens (including phenoxy) is 1. The molecule has 21 heavy (non-hydrogen) atoms. The lowest BCUT2D eigenvalue weighted by Crippen LogP contribution is -2.59. The zero-order valence-corrected chi connectivity index (χ0v) is 12.6. The van der Waals surface area contributed by atoms with Gasteiger partial charge < -0.3 is 20.5 Å². The highest BCUT2D eigenvalue weighted by molar-refractivity contribution is 5.83. The van der Waals surface area contributed by atoms with Gasteiger partial charge in [0.2, 0.25) is 11.8 Å². The molecule has 1 fully saturated rings. The summed E-state index contributed by atoms with van der Waals surface area (Å²) in [6.45, 7) is 6.11. The Kier molecular flexibility index (Phi) is 6.57. The summed E-state index contributed by atoms with van der Waals surface area (Å²) in [5.74, 6) is -1.74. The molecule has 1 saturated heterocycles. The third-order valence-corrected chi connectivity index (χ3v) is 3.07. The highest BCUT2D eigenvalue weighted by atomic mass is 16.5. The quantitative estimate of drug-likeness (QED) is 0.569. The maximum atomic E-state index is 12.1. The molecule has 0 aromatic heterocycles. The third-order valence-electron chi connectivity index (χ3n) is 3.07. The Hall–Kier alpha value is -1.67. The molecule has 0 aliphatic carbocycles. The molecule has 1 aliphatic rings. The van der Waals surface area contributed by atoms with E-state index in [0.717, 1.165) is 0 Å². The van der Waals surface area contributed by atoms with E-state index in [2.05, 4.69) is 10.6 Å². The smallest absolute Gasteiger partial charge is 0.327 e. The predicted molar refractivity (Wildman–Crippen MR) is 74.7 cm³/mol. The first-order valence-electron chi connectivity index (χ1n) is 6.93. The molecule has 0 spiro atoms. The number of carbonyl (C=O) groups excluding carboxylic acids is 2. The zero-order chi connectivity index (χ0) is 16.0. The van der Waals surface area contributed by atoms with E-state index in [1.54, 1.807) is 4.90 Å². The lowest BCUT2D eigenvalue weighted by Gasteiger charge is -2.36. The van der Waals surface area contributed by atoms with E-state index in [1.807, 2.05) is 13.8 Å². The summed E-state index contributed by atoms with van der Waals surface area (Å²) in [6, 6.07) is -1.60.